The Morgan fingerprint density at radius 1 is 0.949 bits per heavy atom. The molecule has 1 aliphatic heterocycles. The molecule has 39 heavy (non-hydrogen) atoms. The van der Waals surface area contributed by atoms with Crippen LogP contribution in [-0.4, -0.2) is 30.3 Å². The monoisotopic (exact) mass is 586 g/mol. The van der Waals surface area contributed by atoms with Crippen LogP contribution in [-0.2, 0) is 19.1 Å². The Balaban J connectivity index is 1.14. The molecule has 0 spiro atoms. The molecule has 3 fully saturated rings. The molecule has 1 N–H and O–H groups in total. The van der Waals surface area contributed by atoms with Gasteiger partial charge >= 0.3 is 5.97 Å². The summed E-state index contributed by atoms with van der Waals surface area (Å²) in [7, 11) is 0. The number of nitrogens with one attached hydrogen (secondary N) is 1. The second-order valence-electron chi connectivity index (χ2n) is 10.6. The normalized spacial score (nSPS) is 25.1. The molecule has 5 atom stereocenters. The first-order chi connectivity index (χ1) is 18.8. The van der Waals surface area contributed by atoms with Gasteiger partial charge in [-0.15, -0.1) is 0 Å². The van der Waals surface area contributed by atoms with Gasteiger partial charge in [-0.1, -0.05) is 52.3 Å². The number of hydrogen-bond acceptors (Lipinski definition) is 5. The molecule has 3 aromatic carbocycles. The van der Waals surface area contributed by atoms with E-state index in [1.807, 2.05) is 37.3 Å². The lowest BCUT2D eigenvalue weighted by Gasteiger charge is -2.28. The molecule has 2 aliphatic carbocycles. The quantitative estimate of drug-likeness (QED) is 0.305. The number of anilines is 2. The number of amides is 3. The van der Waals surface area contributed by atoms with Gasteiger partial charge in [-0.05, 0) is 85.0 Å². The number of esters is 1. The summed E-state index contributed by atoms with van der Waals surface area (Å²) in [5.41, 5.74) is 3.25. The summed E-state index contributed by atoms with van der Waals surface area (Å²) in [6, 6.07) is 22.0. The summed E-state index contributed by atoms with van der Waals surface area (Å²) in [5, 5.41) is 2.73. The molecule has 0 unspecified atom stereocenters. The molecule has 3 aliphatic rings. The van der Waals surface area contributed by atoms with Crippen LogP contribution in [0, 0.1) is 30.6 Å². The van der Waals surface area contributed by atoms with E-state index in [-0.39, 0.29) is 47.0 Å². The molecule has 7 nitrogen and oxygen atoms in total. The van der Waals surface area contributed by atoms with Crippen molar-refractivity contribution in [2.45, 2.75) is 25.7 Å². The first-order valence-corrected chi connectivity index (χ1v) is 13.9. The molecular weight excluding hydrogens is 560 g/mol. The maximum absolute atomic E-state index is 13.6. The lowest BCUT2D eigenvalue weighted by atomic mass is 9.73. The lowest BCUT2D eigenvalue weighted by Crippen LogP contribution is -2.33. The van der Waals surface area contributed by atoms with Crippen LogP contribution in [0.2, 0.25) is 0 Å². The summed E-state index contributed by atoms with van der Waals surface area (Å²) in [4.78, 5) is 53.5. The van der Waals surface area contributed by atoms with Crippen molar-refractivity contribution in [3.8, 4) is 0 Å². The molecule has 8 heteroatoms. The number of halogens is 1. The minimum absolute atomic E-state index is 0.143. The van der Waals surface area contributed by atoms with Crippen LogP contribution in [0.4, 0.5) is 11.4 Å². The molecule has 1 saturated heterocycles. The van der Waals surface area contributed by atoms with Gasteiger partial charge in [0, 0.05) is 10.2 Å². The molecule has 0 radical (unpaired) electrons. The van der Waals surface area contributed by atoms with E-state index >= 15 is 0 Å². The fourth-order valence-electron chi connectivity index (χ4n) is 6.74. The fraction of sp³-hybridized carbons (Fsp3) is 0.290. The number of rotatable bonds is 6. The molecule has 2 bridgehead atoms. The van der Waals surface area contributed by atoms with Gasteiger partial charge in [-0.2, -0.15) is 0 Å². The molecule has 3 amide bonds. The molecule has 0 aromatic heterocycles. The Labute approximate surface area is 234 Å². The summed E-state index contributed by atoms with van der Waals surface area (Å²) >= 11 is 3.38. The Bertz CT molecular complexity index is 1490. The highest BCUT2D eigenvalue weighted by Gasteiger charge is 2.64. The third kappa shape index (κ3) is 4.56. The zero-order valence-corrected chi connectivity index (χ0v) is 22.9. The molecule has 2 saturated carbocycles. The van der Waals surface area contributed by atoms with Crippen LogP contribution in [0.3, 0.4) is 0 Å². The number of fused-ring (bicyclic) bond motifs is 5. The van der Waals surface area contributed by atoms with Gasteiger partial charge in [0.1, 0.15) is 0 Å². The van der Waals surface area contributed by atoms with E-state index in [0.29, 0.717) is 11.4 Å². The fourth-order valence-corrected chi connectivity index (χ4v) is 7.21. The summed E-state index contributed by atoms with van der Waals surface area (Å²) < 4.78 is 6.13. The molecule has 1 heterocycles. The highest BCUT2D eigenvalue weighted by atomic mass is 79.9. The van der Waals surface area contributed by atoms with Crippen molar-refractivity contribution in [3.63, 3.8) is 0 Å². The molecule has 3 aromatic rings. The largest absolute Gasteiger partial charge is 0.452 e. The summed E-state index contributed by atoms with van der Waals surface area (Å²) in [6.07, 6.45) is 1.81. The van der Waals surface area contributed by atoms with E-state index in [0.717, 1.165) is 22.9 Å². The predicted octanol–water partition coefficient (Wildman–Crippen LogP) is 5.48. The van der Waals surface area contributed by atoms with E-state index in [4.69, 9.17) is 4.74 Å². The summed E-state index contributed by atoms with van der Waals surface area (Å²) in [5.74, 6) is -1.56. The number of ether oxygens (including phenoxy) is 1. The number of aryl methyl sites for hydroxylation is 1. The maximum Gasteiger partial charge on any atom is 0.338 e. The van der Waals surface area contributed by atoms with Crippen LogP contribution < -0.4 is 10.2 Å². The van der Waals surface area contributed by atoms with Crippen LogP contribution in [0.15, 0.2) is 77.3 Å². The number of carbonyl (C=O) groups excluding carboxylic acids is 4. The van der Waals surface area contributed by atoms with Crippen LogP contribution in [0.1, 0.15) is 40.2 Å². The third-order valence-electron chi connectivity index (χ3n) is 8.38. The Morgan fingerprint density at radius 2 is 1.72 bits per heavy atom. The van der Waals surface area contributed by atoms with E-state index in [1.165, 1.54) is 16.5 Å². The lowest BCUT2D eigenvalue weighted by molar-refractivity contribution is -0.123. The van der Waals surface area contributed by atoms with Gasteiger partial charge in [-0.25, -0.2) is 4.79 Å². The average molecular weight is 587 g/mol. The van der Waals surface area contributed by atoms with Crippen molar-refractivity contribution >= 4 is 51.0 Å². The van der Waals surface area contributed by atoms with E-state index < -0.39 is 18.5 Å². The summed E-state index contributed by atoms with van der Waals surface area (Å²) in [6.45, 7) is 1.40. The number of carbonyl (C=O) groups is 4. The van der Waals surface area contributed by atoms with Crippen LogP contribution in [0.25, 0.3) is 0 Å². The second kappa shape index (κ2) is 10.1. The number of imide groups is 1. The number of benzene rings is 3. The van der Waals surface area contributed by atoms with Gasteiger partial charge in [0.2, 0.25) is 11.8 Å². The first kappa shape index (κ1) is 25.5. The van der Waals surface area contributed by atoms with Crippen LogP contribution >= 0.6 is 15.9 Å². The van der Waals surface area contributed by atoms with Crippen molar-refractivity contribution in [1.29, 1.82) is 0 Å². The van der Waals surface area contributed by atoms with Crippen LogP contribution in [0.5, 0.6) is 0 Å². The maximum atomic E-state index is 13.6. The Morgan fingerprint density at radius 3 is 2.49 bits per heavy atom. The van der Waals surface area contributed by atoms with Crippen molar-refractivity contribution in [1.82, 2.24) is 0 Å². The second-order valence-corrected chi connectivity index (χ2v) is 11.5. The SMILES string of the molecule is Cc1cc(Br)ccc1NC(=O)COC(=O)c1cccc(N2C(=O)[C@@H]3[C@@H]4C[C@@H]([C@@H]3C2=O)[C@@H](c2ccccc2)C4)c1. The number of nitrogens with zero attached hydrogens (tertiary/aromatic N) is 1. The van der Waals surface area contributed by atoms with Gasteiger partial charge in [0.25, 0.3) is 5.91 Å². The molecule has 6 rings (SSSR count). The average Bonchev–Trinajstić information content (AvgIpc) is 3.60. The van der Waals surface area contributed by atoms with Crippen molar-refractivity contribution in [2.75, 3.05) is 16.8 Å². The number of hydrogen-bond donors (Lipinski definition) is 1. The minimum atomic E-state index is -0.706. The zero-order chi connectivity index (χ0) is 27.3. The zero-order valence-electron chi connectivity index (χ0n) is 21.3. The molecule has 198 valence electrons. The van der Waals surface area contributed by atoms with E-state index in [1.54, 1.807) is 24.3 Å². The van der Waals surface area contributed by atoms with Gasteiger partial charge in [0.15, 0.2) is 6.61 Å². The highest BCUT2D eigenvalue weighted by molar-refractivity contribution is 9.10. The van der Waals surface area contributed by atoms with Gasteiger partial charge < -0.3 is 10.1 Å². The van der Waals surface area contributed by atoms with E-state index in [9.17, 15) is 19.2 Å². The topological polar surface area (TPSA) is 92.8 Å². The van der Waals surface area contributed by atoms with Gasteiger partial charge in [0.05, 0.1) is 23.1 Å². The predicted molar refractivity (Wildman–Crippen MR) is 149 cm³/mol. The van der Waals surface area contributed by atoms with Gasteiger partial charge in [-0.3, -0.25) is 19.3 Å². The molecular formula is C31H27BrN2O5. The minimum Gasteiger partial charge on any atom is -0.452 e. The van der Waals surface area contributed by atoms with E-state index in [2.05, 4.69) is 33.4 Å². The van der Waals surface area contributed by atoms with Crippen molar-refractivity contribution in [3.05, 3.63) is 94.0 Å². The smallest absolute Gasteiger partial charge is 0.338 e. The highest BCUT2D eigenvalue weighted by Crippen LogP contribution is 2.61. The standard InChI is InChI=1S/C31H27BrN2O5/c1-17-12-21(32)10-11-25(17)33-26(35)16-39-31(38)19-8-5-9-22(13-19)34-29(36)27-20-14-23(18-6-3-2-4-7-18)24(15-20)28(27)30(34)37/h2-13,20,23-24,27-28H,14-16H2,1H3,(H,33,35)/t20-,23+,24+,27+,28-/m0/s1. The Kier molecular flexibility index (Phi) is 6.59. The first-order valence-electron chi connectivity index (χ1n) is 13.1. The van der Waals surface area contributed by atoms with Crippen molar-refractivity contribution in [2.24, 2.45) is 23.7 Å². The third-order valence-corrected chi connectivity index (χ3v) is 8.87. The van der Waals surface area contributed by atoms with Crippen molar-refractivity contribution < 1.29 is 23.9 Å². The Hall–Kier alpha value is -3.78.